The Morgan fingerprint density at radius 3 is 3.05 bits per heavy atom. The smallest absolute Gasteiger partial charge is 0.221 e. The van der Waals surface area contributed by atoms with Crippen LogP contribution in [0.15, 0.2) is 12.4 Å². The first kappa shape index (κ1) is 16.9. The molecule has 1 amide bonds. The number of hydrogen-bond acceptors (Lipinski definition) is 5. The molecule has 0 spiro atoms. The largest absolute Gasteiger partial charge is 0.383 e. The van der Waals surface area contributed by atoms with Crippen molar-refractivity contribution in [3.63, 3.8) is 0 Å². The van der Waals surface area contributed by atoms with Gasteiger partial charge in [-0.3, -0.25) is 9.48 Å². The van der Waals surface area contributed by atoms with Crippen molar-refractivity contribution in [3.05, 3.63) is 12.4 Å². The third-order valence-corrected chi connectivity index (χ3v) is 3.42. The summed E-state index contributed by atoms with van der Waals surface area (Å²) in [6.45, 7) is 2.77. The lowest BCUT2D eigenvalue weighted by molar-refractivity contribution is -0.121. The number of amides is 1. The minimum atomic E-state index is -0.0995. The first-order chi connectivity index (χ1) is 9.24. The quantitative estimate of drug-likeness (QED) is 0.739. The predicted molar refractivity (Wildman–Crippen MR) is 76.7 cm³/mol. The fourth-order valence-electron chi connectivity index (χ4n) is 2.39. The number of hydrogen-bond donors (Lipinski definition) is 2. The monoisotopic (exact) mass is 303 g/mol. The van der Waals surface area contributed by atoms with Crippen LogP contribution in [0, 0.1) is 0 Å². The number of aromatic nitrogens is 3. The van der Waals surface area contributed by atoms with Gasteiger partial charge in [0.25, 0.3) is 0 Å². The van der Waals surface area contributed by atoms with Crippen LogP contribution in [-0.2, 0) is 16.1 Å². The Labute approximate surface area is 124 Å². The van der Waals surface area contributed by atoms with Gasteiger partial charge >= 0.3 is 0 Å². The molecule has 8 heteroatoms. The molecule has 1 unspecified atom stereocenters. The summed E-state index contributed by atoms with van der Waals surface area (Å²) in [4.78, 5) is 11.8. The molecule has 0 aliphatic carbocycles. The van der Waals surface area contributed by atoms with Gasteiger partial charge in [-0.1, -0.05) is 5.21 Å². The van der Waals surface area contributed by atoms with Crippen LogP contribution in [0.25, 0.3) is 0 Å². The zero-order valence-corrected chi connectivity index (χ0v) is 12.5. The van der Waals surface area contributed by atoms with E-state index in [2.05, 4.69) is 20.9 Å². The standard InChI is InChI=1S/C12H21N5O2.ClH/c1-19-10-12(4-2-5-14-12)9-13-11(18)3-7-17-8-6-15-16-17;/h6,8,14H,2-5,7,9-10H2,1H3,(H,13,18);1H. The summed E-state index contributed by atoms with van der Waals surface area (Å²) in [5.41, 5.74) is -0.0995. The lowest BCUT2D eigenvalue weighted by Gasteiger charge is -2.28. The summed E-state index contributed by atoms with van der Waals surface area (Å²) >= 11 is 0. The van der Waals surface area contributed by atoms with E-state index in [0.717, 1.165) is 19.4 Å². The number of aryl methyl sites for hydroxylation is 1. The molecule has 2 heterocycles. The fourth-order valence-corrected chi connectivity index (χ4v) is 2.39. The van der Waals surface area contributed by atoms with Gasteiger partial charge in [-0.05, 0) is 19.4 Å². The maximum absolute atomic E-state index is 11.8. The molecular formula is C12H22ClN5O2. The van der Waals surface area contributed by atoms with E-state index in [1.165, 1.54) is 0 Å². The van der Waals surface area contributed by atoms with Crippen molar-refractivity contribution >= 4 is 18.3 Å². The molecule has 0 radical (unpaired) electrons. The molecule has 2 N–H and O–H groups in total. The van der Waals surface area contributed by atoms with Crippen LogP contribution >= 0.6 is 12.4 Å². The van der Waals surface area contributed by atoms with Gasteiger partial charge in [0.1, 0.15) is 0 Å². The van der Waals surface area contributed by atoms with Gasteiger partial charge in [-0.15, -0.1) is 17.5 Å². The van der Waals surface area contributed by atoms with Gasteiger partial charge in [-0.25, -0.2) is 0 Å². The number of methoxy groups -OCH3 is 1. The number of nitrogens with one attached hydrogen (secondary N) is 2. The Balaban J connectivity index is 0.00000200. The van der Waals surface area contributed by atoms with Crippen LogP contribution in [-0.4, -0.2) is 53.2 Å². The minimum absolute atomic E-state index is 0. The molecule has 1 aliphatic rings. The van der Waals surface area contributed by atoms with Crippen molar-refractivity contribution in [2.24, 2.45) is 0 Å². The highest BCUT2D eigenvalue weighted by atomic mass is 35.5. The minimum Gasteiger partial charge on any atom is -0.383 e. The van der Waals surface area contributed by atoms with Crippen molar-refractivity contribution in [2.45, 2.75) is 31.3 Å². The highest BCUT2D eigenvalue weighted by Crippen LogP contribution is 2.18. The number of rotatable bonds is 7. The second-order valence-electron chi connectivity index (χ2n) is 4.94. The van der Waals surface area contributed by atoms with Gasteiger partial charge in [0, 0.05) is 26.3 Å². The average Bonchev–Trinajstić information content (AvgIpc) is 3.06. The summed E-state index contributed by atoms with van der Waals surface area (Å²) in [5.74, 6) is 0.0275. The molecule has 1 saturated heterocycles. The van der Waals surface area contributed by atoms with E-state index in [9.17, 15) is 4.79 Å². The van der Waals surface area contributed by atoms with Crippen molar-refractivity contribution in [1.29, 1.82) is 0 Å². The third kappa shape index (κ3) is 4.73. The van der Waals surface area contributed by atoms with Gasteiger partial charge in [0.15, 0.2) is 0 Å². The van der Waals surface area contributed by atoms with Crippen molar-refractivity contribution in [2.75, 3.05) is 26.8 Å². The average molecular weight is 304 g/mol. The summed E-state index contributed by atoms with van der Waals surface area (Å²) < 4.78 is 6.90. The first-order valence-corrected chi connectivity index (χ1v) is 6.59. The molecule has 1 fully saturated rings. The maximum Gasteiger partial charge on any atom is 0.221 e. The molecule has 114 valence electrons. The van der Waals surface area contributed by atoms with E-state index in [1.54, 1.807) is 24.2 Å². The lowest BCUT2D eigenvalue weighted by atomic mass is 9.98. The van der Waals surface area contributed by atoms with Crippen LogP contribution in [0.5, 0.6) is 0 Å². The predicted octanol–water partition coefficient (Wildman–Crippen LogP) is -0.0252. The molecule has 2 rings (SSSR count). The number of ether oxygens (including phenoxy) is 1. The Morgan fingerprint density at radius 1 is 1.60 bits per heavy atom. The van der Waals surface area contributed by atoms with E-state index in [4.69, 9.17) is 4.74 Å². The van der Waals surface area contributed by atoms with Gasteiger partial charge in [-0.2, -0.15) is 0 Å². The summed E-state index contributed by atoms with van der Waals surface area (Å²) in [7, 11) is 1.69. The molecule has 1 aromatic rings. The number of carbonyl (C=O) groups excluding carboxylic acids is 1. The normalized spacial score (nSPS) is 21.4. The molecule has 0 saturated carbocycles. The molecular weight excluding hydrogens is 282 g/mol. The van der Waals surface area contributed by atoms with E-state index in [1.807, 2.05) is 0 Å². The van der Waals surface area contributed by atoms with Crippen LogP contribution < -0.4 is 10.6 Å². The zero-order valence-electron chi connectivity index (χ0n) is 11.7. The van der Waals surface area contributed by atoms with Crippen LogP contribution in [0.1, 0.15) is 19.3 Å². The van der Waals surface area contributed by atoms with E-state index >= 15 is 0 Å². The summed E-state index contributed by atoms with van der Waals surface area (Å²) in [6, 6.07) is 0. The summed E-state index contributed by atoms with van der Waals surface area (Å²) in [5, 5.41) is 13.9. The van der Waals surface area contributed by atoms with Crippen LogP contribution in [0.4, 0.5) is 0 Å². The topological polar surface area (TPSA) is 81.1 Å². The van der Waals surface area contributed by atoms with Gasteiger partial charge < -0.3 is 15.4 Å². The maximum atomic E-state index is 11.8. The van der Waals surface area contributed by atoms with Crippen LogP contribution in [0.3, 0.4) is 0 Å². The Bertz CT molecular complexity index is 393. The highest BCUT2D eigenvalue weighted by Gasteiger charge is 2.33. The molecule has 20 heavy (non-hydrogen) atoms. The molecule has 1 atom stereocenters. The second-order valence-corrected chi connectivity index (χ2v) is 4.94. The SMILES string of the molecule is COCC1(CNC(=O)CCn2ccnn2)CCCN1.Cl. The molecule has 7 nitrogen and oxygen atoms in total. The lowest BCUT2D eigenvalue weighted by Crippen LogP contribution is -2.53. The van der Waals surface area contributed by atoms with Crippen molar-refractivity contribution in [1.82, 2.24) is 25.6 Å². The number of halogens is 1. The van der Waals surface area contributed by atoms with Crippen molar-refractivity contribution in [3.8, 4) is 0 Å². The Kier molecular flexibility index (Phi) is 6.90. The van der Waals surface area contributed by atoms with Crippen molar-refractivity contribution < 1.29 is 9.53 Å². The Hall–Kier alpha value is -1.18. The fraction of sp³-hybridized carbons (Fsp3) is 0.750. The molecule has 1 aliphatic heterocycles. The van der Waals surface area contributed by atoms with E-state index in [0.29, 0.717) is 26.1 Å². The Morgan fingerprint density at radius 2 is 2.45 bits per heavy atom. The summed E-state index contributed by atoms with van der Waals surface area (Å²) in [6.07, 6.45) is 5.92. The molecule has 0 bridgehead atoms. The molecule has 0 aromatic carbocycles. The first-order valence-electron chi connectivity index (χ1n) is 6.59. The highest BCUT2D eigenvalue weighted by molar-refractivity contribution is 5.85. The second kappa shape index (κ2) is 8.18. The number of carbonyl (C=O) groups is 1. The molecule has 1 aromatic heterocycles. The third-order valence-electron chi connectivity index (χ3n) is 3.42. The van der Waals surface area contributed by atoms with Crippen LogP contribution in [0.2, 0.25) is 0 Å². The van der Waals surface area contributed by atoms with Gasteiger partial charge in [0.2, 0.25) is 5.91 Å². The number of nitrogens with zero attached hydrogens (tertiary/aromatic N) is 3. The van der Waals surface area contributed by atoms with Gasteiger partial charge in [0.05, 0.1) is 24.9 Å². The van der Waals surface area contributed by atoms with E-state index < -0.39 is 0 Å². The van der Waals surface area contributed by atoms with E-state index in [-0.39, 0.29) is 23.9 Å². The zero-order chi connectivity index (χ0) is 13.6.